The molecule has 0 radical (unpaired) electrons. The highest BCUT2D eigenvalue weighted by Gasteiger charge is 2.06. The highest BCUT2D eigenvalue weighted by molar-refractivity contribution is 14.0. The SMILES string of the molecule is CCOc1ccc(NC(=NC)NCCOCc2ccccc2)cc1OC.I. The fourth-order valence-electron chi connectivity index (χ4n) is 2.34. The molecule has 7 heteroatoms. The maximum atomic E-state index is 5.66. The molecule has 0 bridgehead atoms. The van der Waals surface area contributed by atoms with Gasteiger partial charge in [0, 0.05) is 25.3 Å². The minimum absolute atomic E-state index is 0. The second-order valence-corrected chi connectivity index (χ2v) is 5.46. The predicted molar refractivity (Wildman–Crippen MR) is 121 cm³/mol. The van der Waals surface area contributed by atoms with Crippen molar-refractivity contribution in [2.24, 2.45) is 4.99 Å². The van der Waals surface area contributed by atoms with Gasteiger partial charge in [0.2, 0.25) is 0 Å². The van der Waals surface area contributed by atoms with E-state index in [1.807, 2.05) is 55.5 Å². The van der Waals surface area contributed by atoms with Gasteiger partial charge in [-0.1, -0.05) is 30.3 Å². The van der Waals surface area contributed by atoms with Crippen molar-refractivity contribution in [1.29, 1.82) is 0 Å². The van der Waals surface area contributed by atoms with E-state index in [-0.39, 0.29) is 24.0 Å². The average molecular weight is 485 g/mol. The molecule has 0 aliphatic heterocycles. The molecule has 148 valence electrons. The number of aliphatic imine (C=N–C) groups is 1. The van der Waals surface area contributed by atoms with Crippen LogP contribution in [0.5, 0.6) is 11.5 Å². The van der Waals surface area contributed by atoms with Crippen molar-refractivity contribution >= 4 is 35.6 Å². The molecule has 0 fully saturated rings. The lowest BCUT2D eigenvalue weighted by molar-refractivity contribution is 0.125. The molecule has 0 atom stereocenters. The van der Waals surface area contributed by atoms with Crippen LogP contribution in [-0.4, -0.2) is 39.9 Å². The molecule has 0 heterocycles. The van der Waals surface area contributed by atoms with E-state index in [2.05, 4.69) is 15.6 Å². The Balaban J connectivity index is 0.00000364. The summed E-state index contributed by atoms with van der Waals surface area (Å²) in [4.78, 5) is 4.22. The van der Waals surface area contributed by atoms with Crippen molar-refractivity contribution in [3.8, 4) is 11.5 Å². The average Bonchev–Trinajstić information content (AvgIpc) is 2.68. The number of nitrogens with one attached hydrogen (secondary N) is 2. The van der Waals surface area contributed by atoms with E-state index in [1.165, 1.54) is 0 Å². The molecule has 2 rings (SSSR count). The second-order valence-electron chi connectivity index (χ2n) is 5.46. The highest BCUT2D eigenvalue weighted by atomic mass is 127. The number of anilines is 1. The third-order valence-corrected chi connectivity index (χ3v) is 3.60. The summed E-state index contributed by atoms with van der Waals surface area (Å²) in [7, 11) is 3.35. The lowest BCUT2D eigenvalue weighted by Crippen LogP contribution is -2.33. The maximum Gasteiger partial charge on any atom is 0.195 e. The Morgan fingerprint density at radius 2 is 1.85 bits per heavy atom. The second kappa shape index (κ2) is 13.2. The monoisotopic (exact) mass is 485 g/mol. The smallest absolute Gasteiger partial charge is 0.195 e. The van der Waals surface area contributed by atoms with Gasteiger partial charge in [-0.2, -0.15) is 0 Å². The van der Waals surface area contributed by atoms with Gasteiger partial charge in [0.1, 0.15) is 0 Å². The number of halogens is 1. The molecule has 0 aromatic heterocycles. The summed E-state index contributed by atoms with van der Waals surface area (Å²) in [5, 5.41) is 6.45. The molecule has 0 unspecified atom stereocenters. The molecule has 2 aromatic carbocycles. The van der Waals surface area contributed by atoms with Crippen LogP contribution in [0.15, 0.2) is 53.5 Å². The Kier molecular flexibility index (Phi) is 11.3. The number of guanidine groups is 1. The topological polar surface area (TPSA) is 64.1 Å². The first kappa shape index (κ1) is 23.0. The standard InChI is InChI=1S/C20H27N3O3.HI/c1-4-26-18-11-10-17(14-19(18)24-3)23-20(21-2)22-12-13-25-15-16-8-6-5-7-9-16;/h5-11,14H,4,12-13,15H2,1-3H3,(H2,21,22,23);1H. The first-order valence-corrected chi connectivity index (χ1v) is 8.67. The van der Waals surface area contributed by atoms with Crippen LogP contribution < -0.4 is 20.1 Å². The molecule has 2 N–H and O–H groups in total. The van der Waals surface area contributed by atoms with Crippen LogP contribution in [0.4, 0.5) is 5.69 Å². The molecule has 2 aromatic rings. The Morgan fingerprint density at radius 1 is 1.07 bits per heavy atom. The Bertz CT molecular complexity index is 696. The van der Waals surface area contributed by atoms with E-state index in [9.17, 15) is 0 Å². The summed E-state index contributed by atoms with van der Waals surface area (Å²) in [6.45, 7) is 4.38. The number of benzene rings is 2. The fraction of sp³-hybridized carbons (Fsp3) is 0.350. The van der Waals surface area contributed by atoms with E-state index in [4.69, 9.17) is 14.2 Å². The third kappa shape index (κ3) is 8.04. The number of ether oxygens (including phenoxy) is 3. The number of hydrogen-bond acceptors (Lipinski definition) is 4. The molecule has 0 amide bonds. The van der Waals surface area contributed by atoms with Gasteiger partial charge in [0.25, 0.3) is 0 Å². The highest BCUT2D eigenvalue weighted by Crippen LogP contribution is 2.30. The van der Waals surface area contributed by atoms with Crippen LogP contribution in [-0.2, 0) is 11.3 Å². The summed E-state index contributed by atoms with van der Waals surface area (Å²) in [6.07, 6.45) is 0. The summed E-state index contributed by atoms with van der Waals surface area (Å²) in [5.41, 5.74) is 2.03. The molecule has 0 saturated heterocycles. The van der Waals surface area contributed by atoms with Crippen molar-refractivity contribution in [1.82, 2.24) is 5.32 Å². The van der Waals surface area contributed by atoms with Crippen LogP contribution in [0.1, 0.15) is 12.5 Å². The first-order chi connectivity index (χ1) is 12.8. The van der Waals surface area contributed by atoms with E-state index in [0.29, 0.717) is 38.1 Å². The third-order valence-electron chi connectivity index (χ3n) is 3.60. The summed E-state index contributed by atoms with van der Waals surface area (Å²) < 4.78 is 16.6. The van der Waals surface area contributed by atoms with E-state index < -0.39 is 0 Å². The van der Waals surface area contributed by atoms with Crippen molar-refractivity contribution < 1.29 is 14.2 Å². The minimum Gasteiger partial charge on any atom is -0.493 e. The van der Waals surface area contributed by atoms with Crippen molar-refractivity contribution in [2.45, 2.75) is 13.5 Å². The summed E-state index contributed by atoms with van der Waals surface area (Å²) in [6, 6.07) is 15.8. The zero-order valence-corrected chi connectivity index (χ0v) is 18.4. The predicted octanol–water partition coefficient (Wildman–Crippen LogP) is 3.92. The van der Waals surface area contributed by atoms with Gasteiger partial charge in [-0.25, -0.2) is 0 Å². The van der Waals surface area contributed by atoms with E-state index >= 15 is 0 Å². The van der Waals surface area contributed by atoms with Gasteiger partial charge in [-0.15, -0.1) is 24.0 Å². The molecular formula is C20H28IN3O3. The van der Waals surface area contributed by atoms with Crippen molar-refractivity contribution in [3.63, 3.8) is 0 Å². The number of rotatable bonds is 9. The van der Waals surface area contributed by atoms with Crippen LogP contribution in [0.3, 0.4) is 0 Å². The van der Waals surface area contributed by atoms with Crippen LogP contribution in [0.25, 0.3) is 0 Å². The van der Waals surface area contributed by atoms with Gasteiger partial charge >= 0.3 is 0 Å². The first-order valence-electron chi connectivity index (χ1n) is 8.67. The zero-order valence-electron chi connectivity index (χ0n) is 16.0. The van der Waals surface area contributed by atoms with Crippen LogP contribution in [0.2, 0.25) is 0 Å². The molecule has 0 aliphatic carbocycles. The van der Waals surface area contributed by atoms with Crippen molar-refractivity contribution in [3.05, 3.63) is 54.1 Å². The Morgan fingerprint density at radius 3 is 2.52 bits per heavy atom. The minimum atomic E-state index is 0. The Labute approximate surface area is 178 Å². The maximum absolute atomic E-state index is 5.66. The largest absolute Gasteiger partial charge is 0.493 e. The molecule has 27 heavy (non-hydrogen) atoms. The molecule has 0 aliphatic rings. The lowest BCUT2D eigenvalue weighted by atomic mass is 10.2. The van der Waals surface area contributed by atoms with Gasteiger partial charge in [-0.05, 0) is 24.6 Å². The van der Waals surface area contributed by atoms with Gasteiger partial charge in [-0.3, -0.25) is 4.99 Å². The molecule has 0 spiro atoms. The number of nitrogens with zero attached hydrogens (tertiary/aromatic N) is 1. The van der Waals surface area contributed by atoms with E-state index in [0.717, 1.165) is 17.0 Å². The van der Waals surface area contributed by atoms with Crippen LogP contribution in [0, 0.1) is 0 Å². The van der Waals surface area contributed by atoms with Crippen molar-refractivity contribution in [2.75, 3.05) is 39.2 Å². The number of hydrogen-bond donors (Lipinski definition) is 2. The summed E-state index contributed by atoms with van der Waals surface area (Å²) in [5.74, 6) is 2.07. The molecule has 0 saturated carbocycles. The number of methoxy groups -OCH3 is 1. The zero-order chi connectivity index (χ0) is 18.6. The summed E-state index contributed by atoms with van der Waals surface area (Å²) >= 11 is 0. The molecular weight excluding hydrogens is 457 g/mol. The Hall–Kier alpha value is -2.00. The lowest BCUT2D eigenvalue weighted by Gasteiger charge is -2.14. The fourth-order valence-corrected chi connectivity index (χ4v) is 2.34. The van der Waals surface area contributed by atoms with Crippen LogP contribution >= 0.6 is 24.0 Å². The quantitative estimate of drug-likeness (QED) is 0.244. The van der Waals surface area contributed by atoms with Gasteiger partial charge in [0.15, 0.2) is 17.5 Å². The molecule has 6 nitrogen and oxygen atoms in total. The van der Waals surface area contributed by atoms with Gasteiger partial charge < -0.3 is 24.8 Å². The normalized spacial score (nSPS) is 10.7. The van der Waals surface area contributed by atoms with E-state index in [1.54, 1.807) is 14.2 Å². The van der Waals surface area contributed by atoms with Gasteiger partial charge in [0.05, 0.1) is 26.9 Å².